The maximum atomic E-state index is 13.3. The lowest BCUT2D eigenvalue weighted by molar-refractivity contribution is -0.384. The van der Waals surface area contributed by atoms with E-state index in [1.165, 1.54) is 30.3 Å². The summed E-state index contributed by atoms with van der Waals surface area (Å²) in [5.41, 5.74) is 0.112. The fraction of sp³-hybridized carbons (Fsp3) is 0.188. The molecule has 0 spiro atoms. The Morgan fingerprint density at radius 2 is 2.00 bits per heavy atom. The molecule has 0 aromatic heterocycles. The van der Waals surface area contributed by atoms with E-state index in [4.69, 9.17) is 9.47 Å². The summed E-state index contributed by atoms with van der Waals surface area (Å²) in [6.07, 6.45) is 0. The van der Waals surface area contributed by atoms with Crippen LogP contribution in [0.2, 0.25) is 0 Å². The average Bonchev–Trinajstić information content (AvgIpc) is 2.59. The summed E-state index contributed by atoms with van der Waals surface area (Å²) >= 11 is 0. The van der Waals surface area contributed by atoms with Gasteiger partial charge in [-0.3, -0.25) is 10.1 Å². The van der Waals surface area contributed by atoms with Gasteiger partial charge in [-0.15, -0.1) is 0 Å². The number of halogens is 1. The van der Waals surface area contributed by atoms with E-state index < -0.39 is 16.7 Å². The van der Waals surface area contributed by atoms with Crippen molar-refractivity contribution in [1.29, 1.82) is 0 Å². The number of hydrogen-bond donors (Lipinski definition) is 1. The van der Waals surface area contributed by atoms with Gasteiger partial charge in [0.1, 0.15) is 18.9 Å². The molecule has 8 heteroatoms. The number of carbonyl (C=O) groups excluding carboxylic acids is 1. The van der Waals surface area contributed by atoms with Crippen LogP contribution in [-0.2, 0) is 4.74 Å². The number of benzene rings is 2. The van der Waals surface area contributed by atoms with Crippen molar-refractivity contribution >= 4 is 17.3 Å². The highest BCUT2D eigenvalue weighted by molar-refractivity contribution is 5.91. The molecule has 0 amide bonds. The van der Waals surface area contributed by atoms with E-state index in [1.54, 1.807) is 13.1 Å². The third kappa shape index (κ3) is 4.19. The summed E-state index contributed by atoms with van der Waals surface area (Å²) in [7, 11) is 1.54. The molecule has 0 fully saturated rings. The Morgan fingerprint density at radius 3 is 2.67 bits per heavy atom. The van der Waals surface area contributed by atoms with E-state index in [0.29, 0.717) is 5.69 Å². The molecule has 0 unspecified atom stereocenters. The smallest absolute Gasteiger partial charge is 0.338 e. The van der Waals surface area contributed by atoms with Crippen LogP contribution in [-0.4, -0.2) is 31.2 Å². The highest BCUT2D eigenvalue weighted by Crippen LogP contribution is 2.25. The van der Waals surface area contributed by atoms with Crippen LogP contribution in [0.3, 0.4) is 0 Å². The highest BCUT2D eigenvalue weighted by Gasteiger charge is 2.17. The molecular formula is C16H15FN2O5. The largest absolute Gasteiger partial charge is 0.487 e. The predicted molar refractivity (Wildman–Crippen MR) is 84.8 cm³/mol. The Labute approximate surface area is 137 Å². The molecule has 126 valence electrons. The number of anilines is 1. The second kappa shape index (κ2) is 7.91. The number of nitrogens with one attached hydrogen (secondary N) is 1. The zero-order chi connectivity index (χ0) is 17.5. The Balaban J connectivity index is 1.92. The maximum Gasteiger partial charge on any atom is 0.338 e. The van der Waals surface area contributed by atoms with Gasteiger partial charge < -0.3 is 14.8 Å². The normalized spacial score (nSPS) is 10.1. The zero-order valence-electron chi connectivity index (χ0n) is 12.8. The molecule has 0 aliphatic carbocycles. The van der Waals surface area contributed by atoms with Crippen molar-refractivity contribution in [2.24, 2.45) is 0 Å². The Morgan fingerprint density at radius 1 is 1.25 bits per heavy atom. The first-order chi connectivity index (χ1) is 11.5. The number of carbonyl (C=O) groups is 1. The molecule has 0 radical (unpaired) electrons. The van der Waals surface area contributed by atoms with Gasteiger partial charge in [-0.25, -0.2) is 9.18 Å². The van der Waals surface area contributed by atoms with Crippen molar-refractivity contribution in [3.05, 3.63) is 64.0 Å². The lowest BCUT2D eigenvalue weighted by Gasteiger charge is -2.08. The van der Waals surface area contributed by atoms with Crippen molar-refractivity contribution in [2.45, 2.75) is 0 Å². The Bertz CT molecular complexity index is 751. The molecule has 1 N–H and O–H groups in total. The summed E-state index contributed by atoms with van der Waals surface area (Å²) in [6, 6.07) is 9.83. The van der Waals surface area contributed by atoms with Gasteiger partial charge in [0, 0.05) is 13.1 Å². The summed E-state index contributed by atoms with van der Waals surface area (Å²) in [5.74, 6) is -1.18. The Hall–Kier alpha value is -3.16. The molecule has 2 rings (SSSR count). The van der Waals surface area contributed by atoms with Gasteiger partial charge in [0.2, 0.25) is 0 Å². The van der Waals surface area contributed by atoms with Crippen LogP contribution >= 0.6 is 0 Å². The van der Waals surface area contributed by atoms with E-state index in [-0.39, 0.29) is 30.2 Å². The van der Waals surface area contributed by atoms with E-state index in [1.807, 2.05) is 0 Å². The fourth-order valence-corrected chi connectivity index (χ4v) is 1.95. The molecule has 0 bridgehead atoms. The number of nitrogens with zero attached hydrogens (tertiary/aromatic N) is 1. The molecule has 0 aliphatic rings. The standard InChI is InChI=1S/C16H15FN2O5/c1-18-13-7-6-11(10-14(13)19(21)22)16(20)24-9-8-23-15-5-3-2-4-12(15)17/h2-7,10,18H,8-9H2,1H3. The van der Waals surface area contributed by atoms with Crippen molar-refractivity contribution < 1.29 is 23.6 Å². The third-order valence-electron chi connectivity index (χ3n) is 3.11. The number of esters is 1. The lowest BCUT2D eigenvalue weighted by atomic mass is 10.1. The van der Waals surface area contributed by atoms with Gasteiger partial charge in [-0.2, -0.15) is 0 Å². The number of hydrogen-bond acceptors (Lipinski definition) is 6. The van der Waals surface area contributed by atoms with Crippen LogP contribution in [0, 0.1) is 15.9 Å². The molecule has 0 atom stereocenters. The number of para-hydroxylation sites is 1. The van der Waals surface area contributed by atoms with Crippen LogP contribution < -0.4 is 10.1 Å². The molecule has 2 aromatic carbocycles. The van der Waals surface area contributed by atoms with Crippen molar-refractivity contribution in [3.8, 4) is 5.75 Å². The number of nitro groups is 1. The predicted octanol–water partition coefficient (Wildman–Crippen LogP) is 3.01. The maximum absolute atomic E-state index is 13.3. The summed E-state index contributed by atoms with van der Waals surface area (Å²) in [5, 5.41) is 13.6. The van der Waals surface area contributed by atoms with Crippen LogP contribution in [0.1, 0.15) is 10.4 Å². The molecule has 0 saturated heterocycles. The van der Waals surface area contributed by atoms with Gasteiger partial charge in [0.05, 0.1) is 10.5 Å². The highest BCUT2D eigenvalue weighted by atomic mass is 19.1. The lowest BCUT2D eigenvalue weighted by Crippen LogP contribution is -2.13. The van der Waals surface area contributed by atoms with Crippen LogP contribution in [0.5, 0.6) is 5.75 Å². The van der Waals surface area contributed by atoms with Crippen LogP contribution in [0.15, 0.2) is 42.5 Å². The van der Waals surface area contributed by atoms with E-state index in [9.17, 15) is 19.3 Å². The summed E-state index contributed by atoms with van der Waals surface area (Å²) in [6.45, 7) is -0.155. The quantitative estimate of drug-likeness (QED) is 0.362. The van der Waals surface area contributed by atoms with Gasteiger partial charge in [0.15, 0.2) is 11.6 Å². The minimum Gasteiger partial charge on any atom is -0.487 e. The average molecular weight is 334 g/mol. The molecule has 0 aliphatic heterocycles. The van der Waals surface area contributed by atoms with Crippen LogP contribution in [0.25, 0.3) is 0 Å². The van der Waals surface area contributed by atoms with Crippen molar-refractivity contribution in [3.63, 3.8) is 0 Å². The van der Waals surface area contributed by atoms with Gasteiger partial charge >= 0.3 is 5.97 Å². The van der Waals surface area contributed by atoms with E-state index >= 15 is 0 Å². The van der Waals surface area contributed by atoms with E-state index in [2.05, 4.69) is 5.32 Å². The molecule has 2 aromatic rings. The molecule has 0 saturated carbocycles. The fourth-order valence-electron chi connectivity index (χ4n) is 1.95. The first kappa shape index (κ1) is 17.2. The number of rotatable bonds is 7. The van der Waals surface area contributed by atoms with Crippen LogP contribution in [0.4, 0.5) is 15.8 Å². The number of nitro benzene ring substituents is 1. The molecule has 24 heavy (non-hydrogen) atoms. The molecule has 0 heterocycles. The third-order valence-corrected chi connectivity index (χ3v) is 3.11. The first-order valence-electron chi connectivity index (χ1n) is 7.03. The minimum atomic E-state index is -0.724. The summed E-state index contributed by atoms with van der Waals surface area (Å²) in [4.78, 5) is 22.3. The molecule has 7 nitrogen and oxygen atoms in total. The second-order valence-electron chi connectivity index (χ2n) is 4.65. The van der Waals surface area contributed by atoms with E-state index in [0.717, 1.165) is 6.07 Å². The second-order valence-corrected chi connectivity index (χ2v) is 4.65. The first-order valence-corrected chi connectivity index (χ1v) is 7.03. The zero-order valence-corrected chi connectivity index (χ0v) is 12.8. The monoisotopic (exact) mass is 334 g/mol. The SMILES string of the molecule is CNc1ccc(C(=O)OCCOc2ccccc2F)cc1[N+](=O)[O-]. The van der Waals surface area contributed by atoms with Crippen molar-refractivity contribution in [1.82, 2.24) is 0 Å². The minimum absolute atomic E-state index is 0.0383. The Kier molecular flexibility index (Phi) is 5.67. The topological polar surface area (TPSA) is 90.7 Å². The van der Waals surface area contributed by atoms with Gasteiger partial charge in [-0.05, 0) is 24.3 Å². The van der Waals surface area contributed by atoms with Crippen molar-refractivity contribution in [2.75, 3.05) is 25.6 Å². The number of ether oxygens (including phenoxy) is 2. The summed E-state index contributed by atoms with van der Waals surface area (Å²) < 4.78 is 23.4. The van der Waals surface area contributed by atoms with Gasteiger partial charge in [0.25, 0.3) is 5.69 Å². The molecular weight excluding hydrogens is 319 g/mol. The van der Waals surface area contributed by atoms with Gasteiger partial charge in [-0.1, -0.05) is 12.1 Å².